The molecule has 1 aromatic heterocycles. The minimum atomic E-state index is -3.37. The molecule has 1 N–H and O–H groups in total. The van der Waals surface area contributed by atoms with Crippen LogP contribution in [0.4, 0.5) is 10.1 Å². The van der Waals surface area contributed by atoms with Crippen LogP contribution in [0.2, 0.25) is 0 Å². The van der Waals surface area contributed by atoms with Crippen molar-refractivity contribution in [3.63, 3.8) is 0 Å². The number of hydrogen-bond acceptors (Lipinski definition) is 5. The van der Waals surface area contributed by atoms with Gasteiger partial charge in [-0.3, -0.25) is 9.52 Å². The van der Waals surface area contributed by atoms with Gasteiger partial charge in [0.15, 0.2) is 6.23 Å². The molecule has 5 rings (SSSR count). The molecular weight excluding hydrogens is 587 g/mol. The lowest BCUT2D eigenvalue weighted by molar-refractivity contribution is -0.130. The first-order valence-electron chi connectivity index (χ1n) is 12.2. The summed E-state index contributed by atoms with van der Waals surface area (Å²) in [7, 11) is -3.37. The van der Waals surface area contributed by atoms with Crippen LogP contribution in [-0.2, 0) is 26.0 Å². The van der Waals surface area contributed by atoms with E-state index in [4.69, 9.17) is 9.84 Å². The Morgan fingerprint density at radius 1 is 1.03 bits per heavy atom. The van der Waals surface area contributed by atoms with E-state index in [1.54, 1.807) is 40.8 Å². The SMILES string of the molecule is C[C@@H]1O[C@@H](c2cn(-c3ccc(Br)cc3)nc2-c2ccc(F)cc2)N(CCc2ccc(NS(C)(=O)=O)cc2)C1=O. The average molecular weight is 614 g/mol. The number of nitrogens with zero attached hydrogens (tertiary/aromatic N) is 3. The van der Waals surface area contributed by atoms with Gasteiger partial charge < -0.3 is 9.64 Å². The molecule has 8 nitrogen and oxygen atoms in total. The highest BCUT2D eigenvalue weighted by molar-refractivity contribution is 9.10. The van der Waals surface area contributed by atoms with Crippen molar-refractivity contribution in [1.82, 2.24) is 14.7 Å². The molecule has 2 atom stereocenters. The summed E-state index contributed by atoms with van der Waals surface area (Å²) in [6.07, 6.45) is 2.14. The van der Waals surface area contributed by atoms with E-state index in [1.165, 1.54) is 12.1 Å². The van der Waals surface area contributed by atoms with Crippen molar-refractivity contribution in [2.24, 2.45) is 0 Å². The second kappa shape index (κ2) is 10.9. The Morgan fingerprint density at radius 3 is 2.33 bits per heavy atom. The lowest BCUT2D eigenvalue weighted by Crippen LogP contribution is -2.32. The molecule has 0 bridgehead atoms. The van der Waals surface area contributed by atoms with Crippen LogP contribution in [-0.4, -0.2) is 47.9 Å². The van der Waals surface area contributed by atoms with Crippen molar-refractivity contribution >= 4 is 37.5 Å². The number of sulfonamides is 1. The molecule has 0 aliphatic carbocycles. The van der Waals surface area contributed by atoms with Gasteiger partial charge in [-0.2, -0.15) is 5.10 Å². The summed E-state index contributed by atoms with van der Waals surface area (Å²) in [5, 5.41) is 4.80. The number of carbonyl (C=O) groups excluding carboxylic acids is 1. The maximum Gasteiger partial charge on any atom is 0.253 e. The van der Waals surface area contributed by atoms with Gasteiger partial charge in [0.2, 0.25) is 10.0 Å². The lowest BCUT2D eigenvalue weighted by atomic mass is 10.1. The van der Waals surface area contributed by atoms with Crippen LogP contribution in [0.3, 0.4) is 0 Å². The van der Waals surface area contributed by atoms with E-state index in [1.807, 2.05) is 42.6 Å². The summed E-state index contributed by atoms with van der Waals surface area (Å²) in [6, 6.07) is 20.7. The average Bonchev–Trinajstić information content (AvgIpc) is 3.45. The summed E-state index contributed by atoms with van der Waals surface area (Å²) in [5.41, 5.74) is 4.20. The molecule has 0 radical (unpaired) electrons. The number of carbonyl (C=O) groups is 1. The standard InChI is InChI=1S/C28H26BrFN4O4S/c1-18-27(35)33(16-15-19-3-11-23(12-4-19)32-39(2,36)37)28(38-18)25-17-34(24-13-7-21(29)8-14-24)31-26(25)20-5-9-22(30)10-6-20/h3-14,17-18,28,32H,15-16H2,1-2H3/t18-,28-/m0/s1. The Hall–Kier alpha value is -3.54. The Bertz CT molecular complexity index is 1590. The Labute approximate surface area is 234 Å². The number of anilines is 1. The van der Waals surface area contributed by atoms with Gasteiger partial charge in [-0.15, -0.1) is 0 Å². The summed E-state index contributed by atoms with van der Waals surface area (Å²) in [4.78, 5) is 14.9. The predicted molar refractivity (Wildman–Crippen MR) is 150 cm³/mol. The molecule has 1 aliphatic heterocycles. The van der Waals surface area contributed by atoms with Crippen LogP contribution in [0.15, 0.2) is 83.5 Å². The van der Waals surface area contributed by atoms with Crippen molar-refractivity contribution < 1.29 is 22.3 Å². The third-order valence-electron chi connectivity index (χ3n) is 6.36. The lowest BCUT2D eigenvalue weighted by Gasteiger charge is -2.23. The van der Waals surface area contributed by atoms with Crippen LogP contribution in [0.25, 0.3) is 16.9 Å². The van der Waals surface area contributed by atoms with Gasteiger partial charge in [0.1, 0.15) is 17.6 Å². The van der Waals surface area contributed by atoms with Crippen molar-refractivity contribution in [2.45, 2.75) is 25.7 Å². The molecule has 1 saturated heterocycles. The van der Waals surface area contributed by atoms with Crippen molar-refractivity contribution in [3.8, 4) is 16.9 Å². The van der Waals surface area contributed by atoms with Gasteiger partial charge in [0.05, 0.1) is 11.9 Å². The fraction of sp³-hybridized carbons (Fsp3) is 0.214. The highest BCUT2D eigenvalue weighted by atomic mass is 79.9. The highest BCUT2D eigenvalue weighted by Crippen LogP contribution is 2.37. The van der Waals surface area contributed by atoms with E-state index in [2.05, 4.69) is 20.7 Å². The van der Waals surface area contributed by atoms with E-state index in [0.717, 1.165) is 22.0 Å². The number of aromatic nitrogens is 2. The van der Waals surface area contributed by atoms with E-state index in [-0.39, 0.29) is 11.7 Å². The molecular formula is C28H26BrFN4O4S. The molecule has 1 amide bonds. The first-order valence-corrected chi connectivity index (χ1v) is 14.9. The number of amides is 1. The number of hydrogen-bond donors (Lipinski definition) is 1. The van der Waals surface area contributed by atoms with Crippen LogP contribution in [0.1, 0.15) is 24.3 Å². The van der Waals surface area contributed by atoms with Gasteiger partial charge in [-0.1, -0.05) is 28.1 Å². The zero-order valence-corrected chi connectivity index (χ0v) is 23.6. The normalized spacial score (nSPS) is 17.5. The molecule has 202 valence electrons. The largest absolute Gasteiger partial charge is 0.341 e. The first-order chi connectivity index (χ1) is 18.6. The van der Waals surface area contributed by atoms with Crippen LogP contribution < -0.4 is 4.72 Å². The minimum Gasteiger partial charge on any atom is -0.341 e. The van der Waals surface area contributed by atoms with Gasteiger partial charge in [-0.05, 0) is 79.6 Å². The third kappa shape index (κ3) is 6.21. The van der Waals surface area contributed by atoms with Crippen LogP contribution >= 0.6 is 15.9 Å². The Balaban J connectivity index is 1.46. The first kappa shape index (κ1) is 27.0. The van der Waals surface area contributed by atoms with Gasteiger partial charge in [-0.25, -0.2) is 17.5 Å². The highest BCUT2D eigenvalue weighted by Gasteiger charge is 2.40. The summed E-state index contributed by atoms with van der Waals surface area (Å²) in [5.74, 6) is -0.496. The van der Waals surface area contributed by atoms with Crippen molar-refractivity contribution in [1.29, 1.82) is 0 Å². The predicted octanol–water partition coefficient (Wildman–Crippen LogP) is 5.30. The second-order valence-corrected chi connectivity index (χ2v) is 12.0. The number of rotatable bonds is 8. The quantitative estimate of drug-likeness (QED) is 0.291. The minimum absolute atomic E-state index is 0.142. The number of ether oxygens (including phenoxy) is 1. The molecule has 39 heavy (non-hydrogen) atoms. The smallest absolute Gasteiger partial charge is 0.253 e. The molecule has 1 aliphatic rings. The number of benzene rings is 3. The second-order valence-electron chi connectivity index (χ2n) is 9.34. The maximum atomic E-state index is 13.7. The van der Waals surface area contributed by atoms with E-state index in [9.17, 15) is 17.6 Å². The van der Waals surface area contributed by atoms with Crippen LogP contribution in [0.5, 0.6) is 0 Å². The number of halogens is 2. The summed E-state index contributed by atoms with van der Waals surface area (Å²) in [6.45, 7) is 2.09. The van der Waals surface area contributed by atoms with E-state index < -0.39 is 22.4 Å². The zero-order valence-electron chi connectivity index (χ0n) is 21.2. The molecule has 11 heteroatoms. The van der Waals surface area contributed by atoms with Gasteiger partial charge in [0, 0.05) is 34.0 Å². The molecule has 1 fully saturated rings. The maximum absolute atomic E-state index is 13.7. The molecule has 2 heterocycles. The molecule has 4 aromatic rings. The van der Waals surface area contributed by atoms with E-state index >= 15 is 0 Å². The summed E-state index contributed by atoms with van der Waals surface area (Å²) < 4.78 is 47.9. The molecule has 3 aromatic carbocycles. The van der Waals surface area contributed by atoms with Crippen molar-refractivity contribution in [2.75, 3.05) is 17.5 Å². The summed E-state index contributed by atoms with van der Waals surface area (Å²) >= 11 is 3.45. The topological polar surface area (TPSA) is 93.5 Å². The van der Waals surface area contributed by atoms with Gasteiger partial charge >= 0.3 is 0 Å². The van der Waals surface area contributed by atoms with Gasteiger partial charge in [0.25, 0.3) is 5.91 Å². The van der Waals surface area contributed by atoms with E-state index in [0.29, 0.717) is 35.5 Å². The molecule has 0 unspecified atom stereocenters. The fourth-order valence-electron chi connectivity index (χ4n) is 4.47. The molecule has 0 saturated carbocycles. The van der Waals surface area contributed by atoms with Crippen molar-refractivity contribution in [3.05, 3.63) is 100 Å². The Morgan fingerprint density at radius 2 is 1.69 bits per heavy atom. The fourth-order valence-corrected chi connectivity index (χ4v) is 5.30. The zero-order chi connectivity index (χ0) is 27.7. The third-order valence-corrected chi connectivity index (χ3v) is 7.50. The molecule has 0 spiro atoms. The van der Waals surface area contributed by atoms with Crippen LogP contribution in [0, 0.1) is 5.82 Å². The number of nitrogens with one attached hydrogen (secondary N) is 1. The Kier molecular flexibility index (Phi) is 7.57. The monoisotopic (exact) mass is 612 g/mol.